The lowest BCUT2D eigenvalue weighted by molar-refractivity contribution is -0.150. The van der Waals surface area contributed by atoms with Gasteiger partial charge in [0, 0.05) is 12.1 Å². The molecule has 0 saturated carbocycles. The maximum atomic E-state index is 12.7. The maximum absolute atomic E-state index is 12.7. The number of nitrogens with zero attached hydrogens (tertiary/aromatic N) is 1. The van der Waals surface area contributed by atoms with Gasteiger partial charge in [-0.15, -0.1) is 0 Å². The molecule has 0 aliphatic carbocycles. The minimum absolute atomic E-state index is 0.200. The van der Waals surface area contributed by atoms with Gasteiger partial charge in [-0.3, -0.25) is 4.79 Å². The summed E-state index contributed by atoms with van der Waals surface area (Å²) in [6.45, 7) is 3.24. The van der Waals surface area contributed by atoms with Gasteiger partial charge in [0.15, 0.2) is 0 Å². The van der Waals surface area contributed by atoms with E-state index < -0.39 is 11.5 Å². The molecule has 1 atom stereocenters. The quantitative estimate of drug-likeness (QED) is 0.906. The lowest BCUT2D eigenvalue weighted by Gasteiger charge is -2.41. The molecule has 1 aromatic carbocycles. The highest BCUT2D eigenvalue weighted by Gasteiger charge is 2.44. The van der Waals surface area contributed by atoms with Gasteiger partial charge in [0.2, 0.25) is 0 Å². The van der Waals surface area contributed by atoms with E-state index in [-0.39, 0.29) is 5.91 Å². The first kappa shape index (κ1) is 14.1. The molecule has 1 fully saturated rings. The Bertz CT molecular complexity index is 598. The average Bonchev–Trinajstić information content (AvgIpc) is 2.94. The van der Waals surface area contributed by atoms with E-state index in [0.717, 1.165) is 24.0 Å². The Hall–Kier alpha value is -1.88. The van der Waals surface area contributed by atoms with Crippen molar-refractivity contribution in [1.29, 1.82) is 0 Å². The maximum Gasteiger partial charge on any atom is 0.329 e. The molecular weight excluding hydrogens is 270 g/mol. The van der Waals surface area contributed by atoms with Crippen LogP contribution in [0, 0.1) is 0 Å². The van der Waals surface area contributed by atoms with E-state index in [4.69, 9.17) is 4.74 Å². The molecule has 2 heterocycles. The van der Waals surface area contributed by atoms with Crippen LogP contribution < -0.4 is 0 Å². The van der Waals surface area contributed by atoms with Crippen LogP contribution in [0.15, 0.2) is 18.2 Å². The third-order valence-corrected chi connectivity index (χ3v) is 4.57. The molecule has 21 heavy (non-hydrogen) atoms. The normalized spacial score (nSPS) is 24.7. The van der Waals surface area contributed by atoms with Crippen LogP contribution in [0.1, 0.15) is 47.7 Å². The third kappa shape index (κ3) is 2.31. The summed E-state index contributed by atoms with van der Waals surface area (Å²) in [7, 11) is 0. The van der Waals surface area contributed by atoms with Gasteiger partial charge in [0.05, 0.1) is 13.2 Å². The Morgan fingerprint density at radius 1 is 1.24 bits per heavy atom. The van der Waals surface area contributed by atoms with Gasteiger partial charge in [0.25, 0.3) is 5.91 Å². The zero-order chi connectivity index (χ0) is 15.0. The number of likely N-dealkylation sites (tertiary alicyclic amines) is 1. The second kappa shape index (κ2) is 5.15. The molecular formula is C16H19NO4. The van der Waals surface area contributed by atoms with Crippen LogP contribution in [-0.2, 0) is 22.7 Å². The fourth-order valence-corrected chi connectivity index (χ4v) is 3.13. The van der Waals surface area contributed by atoms with Crippen LogP contribution >= 0.6 is 0 Å². The minimum Gasteiger partial charge on any atom is -0.480 e. The predicted molar refractivity (Wildman–Crippen MR) is 75.9 cm³/mol. The third-order valence-electron chi connectivity index (χ3n) is 4.57. The van der Waals surface area contributed by atoms with E-state index >= 15 is 0 Å². The Balaban J connectivity index is 1.91. The van der Waals surface area contributed by atoms with Crippen molar-refractivity contribution in [3.8, 4) is 0 Å². The number of ether oxygens (including phenoxy) is 1. The molecule has 112 valence electrons. The van der Waals surface area contributed by atoms with Gasteiger partial charge >= 0.3 is 5.97 Å². The number of carbonyl (C=O) groups excluding carboxylic acids is 1. The molecule has 5 nitrogen and oxygen atoms in total. The zero-order valence-electron chi connectivity index (χ0n) is 12.1. The topological polar surface area (TPSA) is 66.8 Å². The van der Waals surface area contributed by atoms with Crippen molar-refractivity contribution < 1.29 is 19.4 Å². The number of hydrogen-bond acceptors (Lipinski definition) is 3. The largest absolute Gasteiger partial charge is 0.480 e. The second-order valence-corrected chi connectivity index (χ2v) is 5.97. The van der Waals surface area contributed by atoms with Gasteiger partial charge in [0.1, 0.15) is 5.54 Å². The molecule has 0 radical (unpaired) electrons. The highest BCUT2D eigenvalue weighted by Crippen LogP contribution is 2.30. The summed E-state index contributed by atoms with van der Waals surface area (Å²) in [5.41, 5.74) is 1.57. The Kier molecular flexibility index (Phi) is 3.45. The Morgan fingerprint density at radius 3 is 2.76 bits per heavy atom. The molecule has 2 aliphatic heterocycles. The molecule has 5 heteroatoms. The molecule has 0 bridgehead atoms. The van der Waals surface area contributed by atoms with Crippen LogP contribution in [-0.4, -0.2) is 34.0 Å². The molecule has 1 unspecified atom stereocenters. The van der Waals surface area contributed by atoms with Crippen LogP contribution in [0.3, 0.4) is 0 Å². The van der Waals surface area contributed by atoms with Crippen molar-refractivity contribution in [2.75, 3.05) is 6.54 Å². The number of fused-ring (bicyclic) bond motifs is 1. The van der Waals surface area contributed by atoms with Crippen LogP contribution in [0.2, 0.25) is 0 Å². The number of carboxylic acid groups (broad SMARTS) is 1. The van der Waals surface area contributed by atoms with Crippen molar-refractivity contribution in [1.82, 2.24) is 4.90 Å². The number of piperidine rings is 1. The molecule has 3 rings (SSSR count). The summed E-state index contributed by atoms with van der Waals surface area (Å²) < 4.78 is 5.36. The highest BCUT2D eigenvalue weighted by molar-refractivity contribution is 5.98. The van der Waals surface area contributed by atoms with E-state index in [9.17, 15) is 14.7 Å². The number of rotatable bonds is 2. The van der Waals surface area contributed by atoms with Crippen molar-refractivity contribution >= 4 is 11.9 Å². The number of carbonyl (C=O) groups is 2. The van der Waals surface area contributed by atoms with E-state index in [2.05, 4.69) is 0 Å². The standard InChI is InChI=1S/C16H19NO4/c1-16(15(19)20)6-2-3-7-17(16)14(18)11-4-5-12-9-21-10-13(12)8-11/h4-5,8H,2-3,6-7,9-10H2,1H3,(H,19,20). The average molecular weight is 289 g/mol. The molecule has 1 amide bonds. The van der Waals surface area contributed by atoms with Gasteiger partial charge in [-0.1, -0.05) is 6.07 Å². The first-order valence-electron chi connectivity index (χ1n) is 7.27. The number of hydrogen-bond donors (Lipinski definition) is 1. The van der Waals surface area contributed by atoms with Crippen LogP contribution in [0.4, 0.5) is 0 Å². The molecule has 0 spiro atoms. The van der Waals surface area contributed by atoms with Gasteiger partial charge in [-0.05, 0) is 49.4 Å². The van der Waals surface area contributed by atoms with Crippen LogP contribution in [0.25, 0.3) is 0 Å². The summed E-state index contributed by atoms with van der Waals surface area (Å²) in [6.07, 6.45) is 2.19. The van der Waals surface area contributed by atoms with E-state index in [1.165, 1.54) is 4.90 Å². The Morgan fingerprint density at radius 2 is 2.00 bits per heavy atom. The van der Waals surface area contributed by atoms with E-state index in [0.29, 0.717) is 31.7 Å². The monoisotopic (exact) mass is 289 g/mol. The molecule has 2 aliphatic rings. The van der Waals surface area contributed by atoms with Gasteiger partial charge < -0.3 is 14.7 Å². The fraction of sp³-hybridized carbons (Fsp3) is 0.500. The SMILES string of the molecule is CC1(C(=O)O)CCCCN1C(=O)c1ccc2c(c1)COC2. The highest BCUT2D eigenvalue weighted by atomic mass is 16.5. The van der Waals surface area contributed by atoms with Crippen LogP contribution in [0.5, 0.6) is 0 Å². The van der Waals surface area contributed by atoms with Gasteiger partial charge in [-0.2, -0.15) is 0 Å². The van der Waals surface area contributed by atoms with Crippen molar-refractivity contribution in [2.45, 2.75) is 44.9 Å². The molecule has 1 saturated heterocycles. The smallest absolute Gasteiger partial charge is 0.329 e. The number of amides is 1. The molecule has 0 aromatic heterocycles. The van der Waals surface area contributed by atoms with Crippen molar-refractivity contribution in [2.24, 2.45) is 0 Å². The first-order valence-corrected chi connectivity index (χ1v) is 7.27. The number of benzene rings is 1. The lowest BCUT2D eigenvalue weighted by atomic mass is 9.87. The number of aliphatic carboxylic acids is 1. The molecule has 1 N–H and O–H groups in total. The van der Waals surface area contributed by atoms with Crippen molar-refractivity contribution in [3.63, 3.8) is 0 Å². The minimum atomic E-state index is -1.11. The lowest BCUT2D eigenvalue weighted by Crippen LogP contribution is -2.57. The first-order chi connectivity index (χ1) is 10.0. The predicted octanol–water partition coefficient (Wildman–Crippen LogP) is 2.19. The summed E-state index contributed by atoms with van der Waals surface area (Å²) in [6, 6.07) is 5.51. The zero-order valence-corrected chi connectivity index (χ0v) is 12.1. The van der Waals surface area contributed by atoms with Crippen molar-refractivity contribution in [3.05, 3.63) is 34.9 Å². The fourth-order valence-electron chi connectivity index (χ4n) is 3.13. The summed E-state index contributed by atoms with van der Waals surface area (Å²) in [4.78, 5) is 25.8. The number of carboxylic acids is 1. The van der Waals surface area contributed by atoms with E-state index in [1.54, 1.807) is 13.0 Å². The summed E-state index contributed by atoms with van der Waals surface area (Å²) in [5, 5.41) is 9.50. The summed E-state index contributed by atoms with van der Waals surface area (Å²) >= 11 is 0. The van der Waals surface area contributed by atoms with Gasteiger partial charge in [-0.25, -0.2) is 4.79 Å². The summed E-state index contributed by atoms with van der Waals surface area (Å²) in [5.74, 6) is -1.13. The second-order valence-electron chi connectivity index (χ2n) is 5.97. The Labute approximate surface area is 123 Å². The molecule has 1 aromatic rings. The van der Waals surface area contributed by atoms with E-state index in [1.807, 2.05) is 12.1 Å².